The van der Waals surface area contributed by atoms with Crippen LogP contribution >= 0.6 is 0 Å². The number of nitrogens with one attached hydrogen (secondary N) is 2. The molecule has 4 heteroatoms. The molecule has 0 bridgehead atoms. The van der Waals surface area contributed by atoms with Crippen molar-refractivity contribution in [3.8, 4) is 0 Å². The van der Waals surface area contributed by atoms with Gasteiger partial charge in [-0.3, -0.25) is 4.79 Å². The number of aromatic amines is 1. The van der Waals surface area contributed by atoms with Gasteiger partial charge in [0.05, 0.1) is 12.6 Å². The van der Waals surface area contributed by atoms with E-state index in [2.05, 4.69) is 43.2 Å². The maximum Gasteiger partial charge on any atom is 0.220 e. The molecule has 1 atom stereocenters. The Kier molecular flexibility index (Phi) is 5.61. The summed E-state index contributed by atoms with van der Waals surface area (Å²) in [5, 5.41) is 13.4. The van der Waals surface area contributed by atoms with Crippen molar-refractivity contribution in [2.45, 2.75) is 46.1 Å². The number of rotatable bonds is 7. The standard InChI is InChI=1S/C18H26N2O2/c1-12(2)9-15(11-21)20-17(22)8-7-14-10-19-18-13(3)5-4-6-16(14)18/h4-6,10,12,15,19,21H,7-9,11H2,1-3H3,(H,20,22). The largest absolute Gasteiger partial charge is 0.394 e. The normalized spacial score (nSPS) is 12.8. The number of amides is 1. The van der Waals surface area contributed by atoms with Gasteiger partial charge in [-0.15, -0.1) is 0 Å². The summed E-state index contributed by atoms with van der Waals surface area (Å²) in [4.78, 5) is 15.3. The second-order valence-corrected chi connectivity index (χ2v) is 6.39. The summed E-state index contributed by atoms with van der Waals surface area (Å²) >= 11 is 0. The van der Waals surface area contributed by atoms with Gasteiger partial charge in [-0.1, -0.05) is 32.0 Å². The molecule has 1 amide bonds. The average Bonchev–Trinajstić information content (AvgIpc) is 2.88. The van der Waals surface area contributed by atoms with Gasteiger partial charge in [-0.25, -0.2) is 0 Å². The number of aryl methyl sites for hydroxylation is 2. The first-order valence-corrected chi connectivity index (χ1v) is 7.97. The fourth-order valence-electron chi connectivity index (χ4n) is 2.87. The van der Waals surface area contributed by atoms with Crippen molar-refractivity contribution >= 4 is 16.8 Å². The van der Waals surface area contributed by atoms with Crippen LogP contribution < -0.4 is 5.32 Å². The van der Waals surface area contributed by atoms with Gasteiger partial charge >= 0.3 is 0 Å². The summed E-state index contributed by atoms with van der Waals surface area (Å²) in [6, 6.07) is 6.06. The van der Waals surface area contributed by atoms with Crippen LogP contribution in [0.25, 0.3) is 10.9 Å². The van der Waals surface area contributed by atoms with Gasteiger partial charge in [-0.2, -0.15) is 0 Å². The molecule has 4 nitrogen and oxygen atoms in total. The molecule has 0 aliphatic rings. The third kappa shape index (κ3) is 4.10. The van der Waals surface area contributed by atoms with Crippen molar-refractivity contribution in [2.24, 2.45) is 5.92 Å². The molecule has 120 valence electrons. The van der Waals surface area contributed by atoms with Crippen LogP contribution in [0, 0.1) is 12.8 Å². The molecule has 1 unspecified atom stereocenters. The SMILES string of the molecule is Cc1cccc2c(CCC(=O)NC(CO)CC(C)C)c[nH]c12. The van der Waals surface area contributed by atoms with Crippen molar-refractivity contribution in [1.29, 1.82) is 0 Å². The van der Waals surface area contributed by atoms with E-state index in [0.29, 0.717) is 18.8 Å². The number of aromatic nitrogens is 1. The number of benzene rings is 1. The minimum atomic E-state index is -0.141. The lowest BCUT2D eigenvalue weighted by atomic mass is 10.0. The van der Waals surface area contributed by atoms with E-state index in [1.54, 1.807) is 0 Å². The molecular weight excluding hydrogens is 276 g/mol. The molecule has 0 saturated carbocycles. The first-order valence-electron chi connectivity index (χ1n) is 7.97. The lowest BCUT2D eigenvalue weighted by Gasteiger charge is -2.18. The molecule has 2 rings (SSSR count). The molecular formula is C18H26N2O2. The number of hydrogen-bond acceptors (Lipinski definition) is 2. The summed E-state index contributed by atoms with van der Waals surface area (Å²) in [5.41, 5.74) is 3.52. The summed E-state index contributed by atoms with van der Waals surface area (Å²) in [7, 11) is 0. The van der Waals surface area contributed by atoms with E-state index in [1.165, 1.54) is 16.5 Å². The monoisotopic (exact) mass is 302 g/mol. The summed E-state index contributed by atoms with van der Waals surface area (Å²) < 4.78 is 0. The van der Waals surface area contributed by atoms with Gasteiger partial charge in [0.2, 0.25) is 5.91 Å². The van der Waals surface area contributed by atoms with Crippen molar-refractivity contribution in [3.63, 3.8) is 0 Å². The Bertz CT molecular complexity index is 631. The van der Waals surface area contributed by atoms with Crippen molar-refractivity contribution < 1.29 is 9.90 Å². The van der Waals surface area contributed by atoms with Gasteiger partial charge in [-0.05, 0) is 36.8 Å². The predicted octanol–water partition coefficient (Wildman–Crippen LogP) is 2.93. The van der Waals surface area contributed by atoms with Gasteiger partial charge < -0.3 is 15.4 Å². The van der Waals surface area contributed by atoms with Crippen molar-refractivity contribution in [2.75, 3.05) is 6.61 Å². The maximum absolute atomic E-state index is 12.1. The Morgan fingerprint density at radius 2 is 2.14 bits per heavy atom. The van der Waals surface area contributed by atoms with E-state index in [9.17, 15) is 9.90 Å². The molecule has 1 aromatic heterocycles. The number of carbonyl (C=O) groups excluding carboxylic acids is 1. The van der Waals surface area contributed by atoms with Gasteiger partial charge in [0.25, 0.3) is 0 Å². The van der Waals surface area contributed by atoms with E-state index in [1.807, 2.05) is 12.3 Å². The summed E-state index contributed by atoms with van der Waals surface area (Å²) in [5.74, 6) is 0.454. The number of fused-ring (bicyclic) bond motifs is 1. The molecule has 0 saturated heterocycles. The third-order valence-corrected chi connectivity index (χ3v) is 3.97. The van der Waals surface area contributed by atoms with Crippen LogP contribution in [0.15, 0.2) is 24.4 Å². The molecule has 0 fully saturated rings. The van der Waals surface area contributed by atoms with Crippen molar-refractivity contribution in [3.05, 3.63) is 35.5 Å². The Hall–Kier alpha value is -1.81. The Labute approximate surface area is 131 Å². The maximum atomic E-state index is 12.1. The molecule has 0 spiro atoms. The fraction of sp³-hybridized carbons (Fsp3) is 0.500. The first kappa shape index (κ1) is 16.6. The van der Waals surface area contributed by atoms with Gasteiger partial charge in [0.15, 0.2) is 0 Å². The Balaban J connectivity index is 1.94. The lowest BCUT2D eigenvalue weighted by molar-refractivity contribution is -0.122. The van der Waals surface area contributed by atoms with E-state index in [4.69, 9.17) is 0 Å². The molecule has 0 aliphatic heterocycles. The minimum Gasteiger partial charge on any atom is -0.394 e. The number of hydrogen-bond donors (Lipinski definition) is 3. The average molecular weight is 302 g/mol. The number of aliphatic hydroxyl groups is 1. The first-order chi connectivity index (χ1) is 10.5. The topological polar surface area (TPSA) is 65.1 Å². The van der Waals surface area contributed by atoms with Gasteiger partial charge in [0.1, 0.15) is 0 Å². The number of H-pyrrole nitrogens is 1. The number of aliphatic hydroxyl groups excluding tert-OH is 1. The van der Waals surface area contributed by atoms with Crippen LogP contribution in [0.5, 0.6) is 0 Å². The van der Waals surface area contributed by atoms with E-state index >= 15 is 0 Å². The van der Waals surface area contributed by atoms with E-state index in [-0.39, 0.29) is 18.6 Å². The molecule has 2 aromatic rings. The van der Waals surface area contributed by atoms with Crippen LogP contribution in [0.3, 0.4) is 0 Å². The highest BCUT2D eigenvalue weighted by Crippen LogP contribution is 2.22. The fourth-order valence-corrected chi connectivity index (χ4v) is 2.87. The number of para-hydroxylation sites is 1. The van der Waals surface area contributed by atoms with Gasteiger partial charge in [0, 0.05) is 23.5 Å². The zero-order chi connectivity index (χ0) is 16.1. The smallest absolute Gasteiger partial charge is 0.220 e. The summed E-state index contributed by atoms with van der Waals surface area (Å²) in [6.45, 7) is 6.25. The van der Waals surface area contributed by atoms with Crippen LogP contribution in [0.2, 0.25) is 0 Å². The number of carbonyl (C=O) groups is 1. The quantitative estimate of drug-likeness (QED) is 0.736. The molecule has 0 radical (unpaired) electrons. The lowest BCUT2D eigenvalue weighted by Crippen LogP contribution is -2.38. The Morgan fingerprint density at radius 3 is 2.82 bits per heavy atom. The molecule has 22 heavy (non-hydrogen) atoms. The van der Waals surface area contributed by atoms with Crippen molar-refractivity contribution in [1.82, 2.24) is 10.3 Å². The Morgan fingerprint density at radius 1 is 1.36 bits per heavy atom. The van der Waals surface area contributed by atoms with Crippen LogP contribution in [0.4, 0.5) is 0 Å². The van der Waals surface area contributed by atoms with Crippen LogP contribution in [-0.4, -0.2) is 28.6 Å². The van der Waals surface area contributed by atoms with Crippen LogP contribution in [0.1, 0.15) is 37.8 Å². The van der Waals surface area contributed by atoms with E-state index < -0.39 is 0 Å². The van der Waals surface area contributed by atoms with Crippen LogP contribution in [-0.2, 0) is 11.2 Å². The summed E-state index contributed by atoms with van der Waals surface area (Å²) in [6.07, 6.45) is 3.93. The molecule has 1 aromatic carbocycles. The van der Waals surface area contributed by atoms with E-state index in [0.717, 1.165) is 11.9 Å². The molecule has 1 heterocycles. The highest BCUT2D eigenvalue weighted by Gasteiger charge is 2.14. The predicted molar refractivity (Wildman–Crippen MR) is 89.8 cm³/mol. The highest BCUT2D eigenvalue weighted by molar-refractivity contribution is 5.86. The zero-order valence-corrected chi connectivity index (χ0v) is 13.6. The second kappa shape index (κ2) is 7.45. The molecule has 0 aliphatic carbocycles. The third-order valence-electron chi connectivity index (χ3n) is 3.97. The second-order valence-electron chi connectivity index (χ2n) is 6.39. The minimum absolute atomic E-state index is 0.00158. The highest BCUT2D eigenvalue weighted by atomic mass is 16.3. The molecule has 3 N–H and O–H groups in total. The zero-order valence-electron chi connectivity index (χ0n) is 13.6.